The quantitative estimate of drug-likeness (QED) is 0.734. The van der Waals surface area contributed by atoms with Crippen LogP contribution in [0.1, 0.15) is 12.5 Å². The van der Waals surface area contributed by atoms with Gasteiger partial charge in [-0.2, -0.15) is 0 Å². The van der Waals surface area contributed by atoms with Gasteiger partial charge in [0, 0.05) is 5.02 Å². The van der Waals surface area contributed by atoms with Crippen molar-refractivity contribution in [1.82, 2.24) is 10.3 Å². The van der Waals surface area contributed by atoms with Gasteiger partial charge in [-0.3, -0.25) is 10.2 Å². The number of rotatable bonds is 7. The van der Waals surface area contributed by atoms with Crippen LogP contribution in [0.2, 0.25) is 5.02 Å². The molecule has 0 aliphatic carbocycles. The number of halogens is 1. The van der Waals surface area contributed by atoms with Gasteiger partial charge in [-0.1, -0.05) is 29.8 Å². The summed E-state index contributed by atoms with van der Waals surface area (Å²) in [6, 6.07) is 12.7. The fourth-order valence-corrected chi connectivity index (χ4v) is 2.99. The lowest BCUT2D eigenvalue weighted by atomic mass is 10.1. The van der Waals surface area contributed by atoms with E-state index in [-0.39, 0.29) is 11.3 Å². The Balaban J connectivity index is 1.97. The molecule has 8 heteroatoms. The van der Waals surface area contributed by atoms with Crippen LogP contribution in [0.4, 0.5) is 0 Å². The molecule has 0 unspecified atom stereocenters. The molecule has 2 aromatic rings. The molecular weight excluding hydrogens is 352 g/mol. The lowest BCUT2D eigenvalue weighted by molar-refractivity contribution is -0.120. The Bertz CT molecular complexity index is 807. The Morgan fingerprint density at radius 1 is 1.12 bits per heavy atom. The van der Waals surface area contributed by atoms with Gasteiger partial charge in [0.15, 0.2) is 0 Å². The minimum atomic E-state index is -3.86. The fourth-order valence-electron chi connectivity index (χ4n) is 1.92. The molecule has 2 aromatic carbocycles. The number of hydrazine groups is 1. The fraction of sp³-hybridized carbons (Fsp3) is 0.188. The van der Waals surface area contributed by atoms with E-state index in [0.717, 1.165) is 0 Å². The van der Waals surface area contributed by atoms with E-state index >= 15 is 0 Å². The van der Waals surface area contributed by atoms with Crippen LogP contribution in [0.3, 0.4) is 0 Å². The standard InChI is InChI=1S/C16H17ClN2O4S/c1-2-23-13-7-9-14(10-8-13)24(21,22)19-18-16(20)11-12-5-3-4-6-15(12)17/h3-10,19H,2,11H2,1H3,(H,18,20). The number of nitrogens with one attached hydrogen (secondary N) is 2. The first-order valence-corrected chi connectivity index (χ1v) is 9.05. The maximum atomic E-state index is 12.1. The van der Waals surface area contributed by atoms with Crippen molar-refractivity contribution in [2.45, 2.75) is 18.2 Å². The average molecular weight is 369 g/mol. The Kier molecular flexibility index (Phi) is 6.19. The normalized spacial score (nSPS) is 11.1. The molecule has 0 aliphatic heterocycles. The highest BCUT2D eigenvalue weighted by Crippen LogP contribution is 2.16. The maximum absolute atomic E-state index is 12.1. The van der Waals surface area contributed by atoms with Crippen LogP contribution in [-0.2, 0) is 21.2 Å². The molecule has 0 saturated heterocycles. The summed E-state index contributed by atoms with van der Waals surface area (Å²) >= 11 is 5.96. The number of sulfonamides is 1. The van der Waals surface area contributed by atoms with E-state index in [1.54, 1.807) is 36.4 Å². The van der Waals surface area contributed by atoms with Gasteiger partial charge >= 0.3 is 0 Å². The number of hydrogen-bond donors (Lipinski definition) is 2. The molecule has 0 radical (unpaired) electrons. The molecule has 0 bridgehead atoms. The first kappa shape index (κ1) is 18.3. The van der Waals surface area contributed by atoms with Crippen molar-refractivity contribution in [3.8, 4) is 5.75 Å². The zero-order chi connectivity index (χ0) is 17.6. The van der Waals surface area contributed by atoms with Crippen LogP contribution in [0.5, 0.6) is 5.75 Å². The molecule has 128 valence electrons. The number of carbonyl (C=O) groups excluding carboxylic acids is 1. The number of hydrogen-bond acceptors (Lipinski definition) is 4. The maximum Gasteiger partial charge on any atom is 0.257 e. The Morgan fingerprint density at radius 2 is 1.79 bits per heavy atom. The third kappa shape index (κ3) is 4.95. The van der Waals surface area contributed by atoms with Gasteiger partial charge in [0.05, 0.1) is 17.9 Å². The van der Waals surface area contributed by atoms with Crippen LogP contribution < -0.4 is 15.0 Å². The van der Waals surface area contributed by atoms with Crippen LogP contribution in [0, 0.1) is 0 Å². The van der Waals surface area contributed by atoms with Crippen molar-refractivity contribution in [2.24, 2.45) is 0 Å². The minimum absolute atomic E-state index is 0.0176. The molecule has 0 saturated carbocycles. The number of benzene rings is 2. The van der Waals surface area contributed by atoms with Crippen LogP contribution in [0.15, 0.2) is 53.4 Å². The summed E-state index contributed by atoms with van der Waals surface area (Å²) in [5.74, 6) is 0.0526. The zero-order valence-electron chi connectivity index (χ0n) is 13.0. The first-order chi connectivity index (χ1) is 11.4. The van der Waals surface area contributed by atoms with E-state index < -0.39 is 15.9 Å². The molecule has 1 amide bonds. The van der Waals surface area contributed by atoms with Crippen LogP contribution in [-0.4, -0.2) is 20.9 Å². The SMILES string of the molecule is CCOc1ccc(S(=O)(=O)NNC(=O)Cc2ccccc2Cl)cc1. The van der Waals surface area contributed by atoms with Crippen molar-refractivity contribution in [1.29, 1.82) is 0 Å². The first-order valence-electron chi connectivity index (χ1n) is 7.19. The predicted octanol–water partition coefficient (Wildman–Crippen LogP) is 2.29. The summed E-state index contributed by atoms with van der Waals surface area (Å²) in [4.78, 5) is 13.9. The average Bonchev–Trinajstić information content (AvgIpc) is 2.56. The van der Waals surface area contributed by atoms with E-state index in [0.29, 0.717) is 22.9 Å². The lowest BCUT2D eigenvalue weighted by Crippen LogP contribution is -2.42. The molecule has 0 heterocycles. The predicted molar refractivity (Wildman–Crippen MR) is 91.2 cm³/mol. The van der Waals surface area contributed by atoms with Crippen molar-refractivity contribution < 1.29 is 17.9 Å². The molecule has 0 aromatic heterocycles. The Morgan fingerprint density at radius 3 is 2.42 bits per heavy atom. The number of carbonyl (C=O) groups is 1. The van der Waals surface area contributed by atoms with Gasteiger partial charge in [0.25, 0.3) is 10.0 Å². The van der Waals surface area contributed by atoms with E-state index in [1.807, 2.05) is 6.92 Å². The summed E-state index contributed by atoms with van der Waals surface area (Å²) in [5, 5.41) is 0.446. The van der Waals surface area contributed by atoms with Crippen LogP contribution >= 0.6 is 11.6 Å². The second kappa shape index (κ2) is 8.14. The summed E-state index contributed by atoms with van der Waals surface area (Å²) in [5.41, 5.74) is 2.78. The van der Waals surface area contributed by atoms with Gasteiger partial charge in [-0.05, 0) is 42.8 Å². The lowest BCUT2D eigenvalue weighted by Gasteiger charge is -2.10. The second-order valence-electron chi connectivity index (χ2n) is 4.83. The molecular formula is C16H17ClN2O4S. The van der Waals surface area contributed by atoms with Crippen LogP contribution in [0.25, 0.3) is 0 Å². The molecule has 0 fully saturated rings. The highest BCUT2D eigenvalue weighted by atomic mass is 35.5. The summed E-state index contributed by atoms with van der Waals surface area (Å²) in [6.45, 7) is 2.32. The topological polar surface area (TPSA) is 84.5 Å². The Labute approximate surface area is 145 Å². The highest BCUT2D eigenvalue weighted by molar-refractivity contribution is 7.89. The molecule has 2 N–H and O–H groups in total. The van der Waals surface area contributed by atoms with Gasteiger partial charge in [-0.15, -0.1) is 4.83 Å². The number of amides is 1. The van der Waals surface area contributed by atoms with Gasteiger partial charge in [0.1, 0.15) is 5.75 Å². The van der Waals surface area contributed by atoms with Crippen molar-refractivity contribution in [3.63, 3.8) is 0 Å². The molecule has 0 spiro atoms. The van der Waals surface area contributed by atoms with Crippen molar-refractivity contribution in [2.75, 3.05) is 6.61 Å². The monoisotopic (exact) mass is 368 g/mol. The largest absolute Gasteiger partial charge is 0.494 e. The highest BCUT2D eigenvalue weighted by Gasteiger charge is 2.15. The molecule has 2 rings (SSSR count). The minimum Gasteiger partial charge on any atom is -0.494 e. The van der Waals surface area contributed by atoms with Gasteiger partial charge in [-0.25, -0.2) is 8.42 Å². The van der Waals surface area contributed by atoms with Crippen molar-refractivity contribution in [3.05, 3.63) is 59.1 Å². The zero-order valence-corrected chi connectivity index (χ0v) is 14.5. The Hall–Kier alpha value is -2.09. The van der Waals surface area contributed by atoms with E-state index in [2.05, 4.69) is 10.3 Å². The summed E-state index contributed by atoms with van der Waals surface area (Å²) < 4.78 is 29.5. The summed E-state index contributed by atoms with van der Waals surface area (Å²) in [7, 11) is -3.86. The number of ether oxygens (including phenoxy) is 1. The molecule has 0 aliphatic rings. The smallest absolute Gasteiger partial charge is 0.257 e. The van der Waals surface area contributed by atoms with E-state index in [4.69, 9.17) is 16.3 Å². The van der Waals surface area contributed by atoms with Crippen molar-refractivity contribution >= 4 is 27.5 Å². The third-order valence-electron chi connectivity index (χ3n) is 3.08. The van der Waals surface area contributed by atoms with E-state index in [1.165, 1.54) is 12.1 Å². The molecule has 6 nitrogen and oxygen atoms in total. The van der Waals surface area contributed by atoms with Gasteiger partial charge in [0.2, 0.25) is 5.91 Å². The third-order valence-corrected chi connectivity index (χ3v) is 4.71. The molecule has 0 atom stereocenters. The summed E-state index contributed by atoms with van der Waals surface area (Å²) in [6.07, 6.45) is -0.0362. The van der Waals surface area contributed by atoms with Gasteiger partial charge < -0.3 is 4.74 Å². The second-order valence-corrected chi connectivity index (χ2v) is 6.92. The van der Waals surface area contributed by atoms with E-state index in [9.17, 15) is 13.2 Å². The molecule has 24 heavy (non-hydrogen) atoms.